The molecule has 12 heavy (non-hydrogen) atoms. The summed E-state index contributed by atoms with van der Waals surface area (Å²) in [5.41, 5.74) is 0. The summed E-state index contributed by atoms with van der Waals surface area (Å²) >= 11 is 0. The smallest absolute Gasteiger partial charge is 0.165 e. The molecular formula is C9H10O3. The summed E-state index contributed by atoms with van der Waals surface area (Å²) in [6.45, 7) is 3.76. The molecule has 0 aliphatic heterocycles. The molecule has 1 aromatic rings. The zero-order chi connectivity index (χ0) is 8.97. The number of rotatable bonds is 3. The van der Waals surface area contributed by atoms with Crippen LogP contribution in [-0.2, 0) is 0 Å². The normalized spacial score (nSPS) is 9.33. The van der Waals surface area contributed by atoms with Gasteiger partial charge in [0.05, 0.1) is 0 Å². The highest BCUT2D eigenvalue weighted by atomic mass is 16.5. The minimum absolute atomic E-state index is 0.00894. The van der Waals surface area contributed by atoms with E-state index in [4.69, 9.17) is 9.84 Å². The van der Waals surface area contributed by atoms with Gasteiger partial charge < -0.3 is 14.9 Å². The lowest BCUT2D eigenvalue weighted by Crippen LogP contribution is -1.92. The second-order valence-electron chi connectivity index (χ2n) is 2.25. The maximum absolute atomic E-state index is 9.19. The molecule has 3 heteroatoms. The SMILES string of the molecule is C=CCOc1cc(O)ccc1O. The topological polar surface area (TPSA) is 49.7 Å². The molecule has 0 spiro atoms. The Balaban J connectivity index is 2.82. The van der Waals surface area contributed by atoms with Gasteiger partial charge >= 0.3 is 0 Å². The molecule has 0 aromatic heterocycles. The zero-order valence-corrected chi connectivity index (χ0v) is 6.53. The summed E-state index contributed by atoms with van der Waals surface area (Å²) in [6, 6.07) is 4.10. The minimum Gasteiger partial charge on any atom is -0.508 e. The molecule has 2 N–H and O–H groups in total. The van der Waals surface area contributed by atoms with Crippen molar-refractivity contribution in [3.8, 4) is 17.2 Å². The van der Waals surface area contributed by atoms with Crippen molar-refractivity contribution in [1.29, 1.82) is 0 Å². The molecule has 0 amide bonds. The molecule has 0 heterocycles. The van der Waals surface area contributed by atoms with Crippen molar-refractivity contribution in [3.63, 3.8) is 0 Å². The lowest BCUT2D eigenvalue weighted by atomic mass is 10.3. The molecule has 0 atom stereocenters. The Bertz CT molecular complexity index is 281. The first-order chi connectivity index (χ1) is 5.74. The third-order valence-corrected chi connectivity index (χ3v) is 1.30. The Kier molecular flexibility index (Phi) is 2.58. The third-order valence-electron chi connectivity index (χ3n) is 1.30. The first-order valence-corrected chi connectivity index (χ1v) is 3.49. The van der Waals surface area contributed by atoms with E-state index < -0.39 is 0 Å². The predicted octanol–water partition coefficient (Wildman–Crippen LogP) is 1.66. The van der Waals surface area contributed by atoms with E-state index in [2.05, 4.69) is 6.58 Å². The second kappa shape index (κ2) is 3.67. The zero-order valence-electron chi connectivity index (χ0n) is 6.53. The molecule has 0 fully saturated rings. The second-order valence-corrected chi connectivity index (χ2v) is 2.25. The van der Waals surface area contributed by atoms with E-state index in [1.807, 2.05) is 0 Å². The van der Waals surface area contributed by atoms with Crippen LogP contribution in [0.3, 0.4) is 0 Å². The lowest BCUT2D eigenvalue weighted by molar-refractivity contribution is 0.333. The van der Waals surface area contributed by atoms with Crippen molar-refractivity contribution in [2.24, 2.45) is 0 Å². The van der Waals surface area contributed by atoms with E-state index in [1.54, 1.807) is 6.08 Å². The highest BCUT2D eigenvalue weighted by Gasteiger charge is 2.01. The number of ether oxygens (including phenoxy) is 1. The van der Waals surface area contributed by atoms with Crippen LogP contribution in [-0.4, -0.2) is 16.8 Å². The first kappa shape index (κ1) is 8.46. The summed E-state index contributed by atoms with van der Waals surface area (Å²) in [5, 5.41) is 18.2. The van der Waals surface area contributed by atoms with Crippen molar-refractivity contribution < 1.29 is 14.9 Å². The van der Waals surface area contributed by atoms with Gasteiger partial charge in [0, 0.05) is 6.07 Å². The van der Waals surface area contributed by atoms with Crippen molar-refractivity contribution in [1.82, 2.24) is 0 Å². The summed E-state index contributed by atoms with van der Waals surface area (Å²) < 4.78 is 5.04. The maximum Gasteiger partial charge on any atom is 0.165 e. The van der Waals surface area contributed by atoms with Gasteiger partial charge in [-0.05, 0) is 12.1 Å². The fraction of sp³-hybridized carbons (Fsp3) is 0.111. The van der Waals surface area contributed by atoms with Crippen LogP contribution in [0.4, 0.5) is 0 Å². The van der Waals surface area contributed by atoms with Crippen LogP contribution in [0, 0.1) is 0 Å². The highest BCUT2D eigenvalue weighted by Crippen LogP contribution is 2.29. The quantitative estimate of drug-likeness (QED) is 0.530. The standard InChI is InChI=1S/C9H10O3/c1-2-5-12-9-6-7(10)3-4-8(9)11/h2-4,6,10-11H,1,5H2. The first-order valence-electron chi connectivity index (χ1n) is 3.49. The number of phenols is 2. The molecule has 0 saturated heterocycles. The van der Waals surface area contributed by atoms with Gasteiger partial charge in [0.1, 0.15) is 12.4 Å². The average Bonchev–Trinajstić information content (AvgIpc) is 2.07. The van der Waals surface area contributed by atoms with Gasteiger partial charge in [-0.1, -0.05) is 12.7 Å². The highest BCUT2D eigenvalue weighted by molar-refractivity contribution is 5.43. The van der Waals surface area contributed by atoms with Crippen LogP contribution in [0.1, 0.15) is 0 Å². The van der Waals surface area contributed by atoms with Crippen LogP contribution in [0.5, 0.6) is 17.2 Å². The van der Waals surface area contributed by atoms with Crippen molar-refractivity contribution >= 4 is 0 Å². The van der Waals surface area contributed by atoms with Gasteiger partial charge in [-0.2, -0.15) is 0 Å². The van der Waals surface area contributed by atoms with Crippen molar-refractivity contribution in [2.75, 3.05) is 6.61 Å². The van der Waals surface area contributed by atoms with Gasteiger partial charge in [0.15, 0.2) is 11.5 Å². The Morgan fingerprint density at radius 1 is 1.42 bits per heavy atom. The molecule has 0 bridgehead atoms. The van der Waals surface area contributed by atoms with E-state index >= 15 is 0 Å². The Labute approximate surface area is 70.5 Å². The molecule has 0 unspecified atom stereocenters. The third kappa shape index (κ3) is 1.92. The summed E-state index contributed by atoms with van der Waals surface area (Å²) in [6.07, 6.45) is 1.56. The van der Waals surface area contributed by atoms with Crippen LogP contribution in [0.2, 0.25) is 0 Å². The minimum atomic E-state index is 0.00894. The van der Waals surface area contributed by atoms with Crippen molar-refractivity contribution in [3.05, 3.63) is 30.9 Å². The largest absolute Gasteiger partial charge is 0.508 e. The molecule has 0 aliphatic rings. The number of phenolic OH excluding ortho intramolecular Hbond substituents is 2. The number of aromatic hydroxyl groups is 2. The van der Waals surface area contributed by atoms with Gasteiger partial charge in [0.25, 0.3) is 0 Å². The van der Waals surface area contributed by atoms with Crippen molar-refractivity contribution in [2.45, 2.75) is 0 Å². The van der Waals surface area contributed by atoms with E-state index in [9.17, 15) is 5.11 Å². The van der Waals surface area contributed by atoms with Crippen LogP contribution < -0.4 is 4.74 Å². The fourth-order valence-corrected chi connectivity index (χ4v) is 0.767. The van der Waals surface area contributed by atoms with Crippen LogP contribution >= 0.6 is 0 Å². The lowest BCUT2D eigenvalue weighted by Gasteiger charge is -2.05. The van der Waals surface area contributed by atoms with Gasteiger partial charge in [-0.25, -0.2) is 0 Å². The number of benzene rings is 1. The van der Waals surface area contributed by atoms with Gasteiger partial charge in [0.2, 0.25) is 0 Å². The molecule has 1 aromatic carbocycles. The number of hydrogen-bond donors (Lipinski definition) is 2. The monoisotopic (exact) mass is 166 g/mol. The molecule has 3 nitrogen and oxygen atoms in total. The Morgan fingerprint density at radius 2 is 2.17 bits per heavy atom. The average molecular weight is 166 g/mol. The molecule has 0 saturated carbocycles. The number of hydrogen-bond acceptors (Lipinski definition) is 3. The maximum atomic E-state index is 9.19. The molecule has 1 rings (SSSR count). The Hall–Kier alpha value is -1.64. The molecule has 0 aliphatic carbocycles. The van der Waals surface area contributed by atoms with E-state index in [1.165, 1.54) is 18.2 Å². The van der Waals surface area contributed by atoms with E-state index in [-0.39, 0.29) is 17.2 Å². The van der Waals surface area contributed by atoms with Gasteiger partial charge in [-0.3, -0.25) is 0 Å². The summed E-state index contributed by atoms with van der Waals surface area (Å²) in [7, 11) is 0. The molecule has 64 valence electrons. The fourth-order valence-electron chi connectivity index (χ4n) is 0.767. The summed E-state index contributed by atoms with van der Waals surface area (Å²) in [4.78, 5) is 0. The molecular weight excluding hydrogens is 156 g/mol. The van der Waals surface area contributed by atoms with E-state index in [0.29, 0.717) is 6.61 Å². The molecule has 0 radical (unpaired) electrons. The van der Waals surface area contributed by atoms with E-state index in [0.717, 1.165) is 0 Å². The Morgan fingerprint density at radius 3 is 2.83 bits per heavy atom. The summed E-state index contributed by atoms with van der Waals surface area (Å²) in [5.74, 6) is 0.330. The van der Waals surface area contributed by atoms with Gasteiger partial charge in [-0.15, -0.1) is 0 Å². The van der Waals surface area contributed by atoms with Crippen LogP contribution in [0.25, 0.3) is 0 Å². The van der Waals surface area contributed by atoms with Crippen LogP contribution in [0.15, 0.2) is 30.9 Å². The predicted molar refractivity (Wildman–Crippen MR) is 45.5 cm³/mol.